The molecular weight excluding hydrogens is 355 g/mol. The van der Waals surface area contributed by atoms with E-state index in [-0.39, 0.29) is 23.4 Å². The van der Waals surface area contributed by atoms with Gasteiger partial charge in [0.2, 0.25) is 0 Å². The molecule has 0 bridgehead atoms. The number of hydrogen-bond donors (Lipinski definition) is 0. The minimum Gasteiger partial charge on any atom is -0.417 e. The van der Waals surface area contributed by atoms with Crippen LogP contribution in [0, 0.1) is 13.8 Å². The predicted octanol–water partition coefficient (Wildman–Crippen LogP) is 4.21. The van der Waals surface area contributed by atoms with Gasteiger partial charge in [-0.15, -0.1) is 0 Å². The van der Waals surface area contributed by atoms with Gasteiger partial charge in [0.1, 0.15) is 0 Å². The molecule has 1 aromatic heterocycles. The van der Waals surface area contributed by atoms with Crippen LogP contribution in [0.4, 0.5) is 0 Å². The maximum atomic E-state index is 6.32. The summed E-state index contributed by atoms with van der Waals surface area (Å²) in [6, 6.07) is 0. The number of nitrogens with zero attached hydrogens (tertiary/aromatic N) is 2. The SMILES string of the molecule is Cc1nn(CCCO[Si](C)(C)C(C)(C)C)c(B2OC(C)(C)C(C)(C)O2)c1C. The van der Waals surface area contributed by atoms with Crippen molar-refractivity contribution in [2.24, 2.45) is 0 Å². The molecule has 0 N–H and O–H groups in total. The predicted molar refractivity (Wildman–Crippen MR) is 115 cm³/mol. The molecule has 1 aromatic rings. The van der Waals surface area contributed by atoms with Gasteiger partial charge in [-0.1, -0.05) is 20.8 Å². The fourth-order valence-corrected chi connectivity index (χ4v) is 3.96. The lowest BCUT2D eigenvalue weighted by Crippen LogP contribution is -2.42. The van der Waals surface area contributed by atoms with Crippen LogP contribution in [0.3, 0.4) is 0 Å². The summed E-state index contributed by atoms with van der Waals surface area (Å²) in [6.45, 7) is 25.5. The monoisotopic (exact) mass is 394 g/mol. The van der Waals surface area contributed by atoms with Crippen molar-refractivity contribution in [1.29, 1.82) is 0 Å². The van der Waals surface area contributed by atoms with E-state index in [0.717, 1.165) is 36.4 Å². The molecule has 2 rings (SSSR count). The Bertz CT molecular complexity index is 662. The Morgan fingerprint density at radius 2 is 1.59 bits per heavy atom. The molecule has 1 saturated heterocycles. The van der Waals surface area contributed by atoms with Crippen LogP contribution in [-0.4, -0.2) is 43.0 Å². The third kappa shape index (κ3) is 4.52. The van der Waals surface area contributed by atoms with E-state index in [1.165, 1.54) is 0 Å². The van der Waals surface area contributed by atoms with E-state index in [0.29, 0.717) is 0 Å². The first-order valence-electron chi connectivity index (χ1n) is 10.1. The van der Waals surface area contributed by atoms with Crippen molar-refractivity contribution in [3.8, 4) is 0 Å². The first-order chi connectivity index (χ1) is 12.1. The molecule has 1 fully saturated rings. The molecule has 0 saturated carbocycles. The van der Waals surface area contributed by atoms with E-state index < -0.39 is 8.32 Å². The van der Waals surface area contributed by atoms with Gasteiger partial charge in [0, 0.05) is 13.2 Å². The minimum atomic E-state index is -1.71. The smallest absolute Gasteiger partial charge is 0.417 e. The van der Waals surface area contributed by atoms with Gasteiger partial charge >= 0.3 is 7.12 Å². The quantitative estimate of drug-likeness (QED) is 0.536. The van der Waals surface area contributed by atoms with Gasteiger partial charge in [0.15, 0.2) is 8.32 Å². The van der Waals surface area contributed by atoms with Gasteiger partial charge in [-0.25, -0.2) is 0 Å². The number of hydrogen-bond acceptors (Lipinski definition) is 4. The topological polar surface area (TPSA) is 45.5 Å². The highest BCUT2D eigenvalue weighted by molar-refractivity contribution is 6.74. The number of rotatable bonds is 6. The highest BCUT2D eigenvalue weighted by atomic mass is 28.4. The van der Waals surface area contributed by atoms with Crippen LogP contribution in [0.25, 0.3) is 0 Å². The molecule has 0 unspecified atom stereocenters. The van der Waals surface area contributed by atoms with Crippen molar-refractivity contribution in [3.63, 3.8) is 0 Å². The first kappa shape index (κ1) is 22.7. The summed E-state index contributed by atoms with van der Waals surface area (Å²) in [5, 5.41) is 4.98. The molecule has 0 spiro atoms. The summed E-state index contributed by atoms with van der Waals surface area (Å²) in [5.41, 5.74) is 2.53. The molecule has 2 heterocycles. The summed E-state index contributed by atoms with van der Waals surface area (Å²) in [7, 11) is -2.08. The second-order valence-corrected chi connectivity index (χ2v) is 15.2. The van der Waals surface area contributed by atoms with Crippen LogP contribution in [0.1, 0.15) is 66.1 Å². The molecule has 0 atom stereocenters. The summed E-state index contributed by atoms with van der Waals surface area (Å²) >= 11 is 0. The highest BCUT2D eigenvalue weighted by Gasteiger charge is 2.53. The Morgan fingerprint density at radius 3 is 2.07 bits per heavy atom. The fraction of sp³-hybridized carbons (Fsp3) is 0.850. The van der Waals surface area contributed by atoms with Crippen molar-refractivity contribution in [1.82, 2.24) is 9.78 Å². The van der Waals surface area contributed by atoms with Gasteiger partial charge in [-0.3, -0.25) is 4.68 Å². The van der Waals surface area contributed by atoms with Crippen LogP contribution in [0.5, 0.6) is 0 Å². The molecule has 0 radical (unpaired) electrons. The fourth-order valence-electron chi connectivity index (χ4n) is 2.87. The second kappa shape index (κ2) is 7.32. The van der Waals surface area contributed by atoms with Gasteiger partial charge in [0.25, 0.3) is 0 Å². The Labute approximate surface area is 167 Å². The van der Waals surface area contributed by atoms with Gasteiger partial charge in [-0.05, 0) is 71.7 Å². The Balaban J connectivity index is 2.09. The molecule has 5 nitrogen and oxygen atoms in total. The molecule has 7 heteroatoms. The minimum absolute atomic E-state index is 0.236. The summed E-state index contributed by atoms with van der Waals surface area (Å²) in [6.07, 6.45) is 0.930. The molecule has 0 aliphatic carbocycles. The van der Waals surface area contributed by atoms with Crippen molar-refractivity contribution in [3.05, 3.63) is 11.3 Å². The molecular formula is C20H39BN2O3Si. The van der Waals surface area contributed by atoms with E-state index in [9.17, 15) is 0 Å². The average molecular weight is 394 g/mol. The standard InChI is InChI=1S/C20H39BN2O3Si/c1-15-16(2)22-23(13-12-14-24-27(10,11)18(3,4)5)17(15)21-25-19(6,7)20(8,9)26-21/h12-14H2,1-11H3. The number of aryl methyl sites for hydroxylation is 2. The molecule has 1 aliphatic rings. The first-order valence-corrected chi connectivity index (χ1v) is 13.0. The van der Waals surface area contributed by atoms with E-state index in [2.05, 4.69) is 73.2 Å². The largest absolute Gasteiger partial charge is 0.514 e. The van der Waals surface area contributed by atoms with Crippen molar-refractivity contribution in [2.45, 2.75) is 105 Å². The summed E-state index contributed by atoms with van der Waals surface area (Å²) in [5.74, 6) is 0. The van der Waals surface area contributed by atoms with Gasteiger partial charge in [0.05, 0.1) is 22.5 Å². The zero-order valence-electron chi connectivity index (χ0n) is 19.3. The van der Waals surface area contributed by atoms with E-state index in [1.807, 2.05) is 6.92 Å². The molecule has 1 aliphatic heterocycles. The van der Waals surface area contributed by atoms with Crippen molar-refractivity contribution >= 4 is 21.0 Å². The lowest BCUT2D eigenvalue weighted by molar-refractivity contribution is 0.00578. The van der Waals surface area contributed by atoms with Crippen LogP contribution < -0.4 is 5.59 Å². The molecule has 27 heavy (non-hydrogen) atoms. The van der Waals surface area contributed by atoms with Crippen LogP contribution >= 0.6 is 0 Å². The van der Waals surface area contributed by atoms with Gasteiger partial charge in [-0.2, -0.15) is 5.10 Å². The Hall–Kier alpha value is -0.628. The lowest BCUT2D eigenvalue weighted by atomic mass is 9.81. The maximum absolute atomic E-state index is 6.32. The third-order valence-corrected chi connectivity index (χ3v) is 11.3. The van der Waals surface area contributed by atoms with E-state index in [1.54, 1.807) is 0 Å². The summed E-state index contributed by atoms with van der Waals surface area (Å²) in [4.78, 5) is 0. The zero-order chi connectivity index (χ0) is 20.8. The Morgan fingerprint density at radius 1 is 1.07 bits per heavy atom. The van der Waals surface area contributed by atoms with Crippen molar-refractivity contribution < 1.29 is 13.7 Å². The highest BCUT2D eigenvalue weighted by Crippen LogP contribution is 2.37. The van der Waals surface area contributed by atoms with Crippen molar-refractivity contribution in [2.75, 3.05) is 6.61 Å². The van der Waals surface area contributed by atoms with E-state index >= 15 is 0 Å². The third-order valence-electron chi connectivity index (χ3n) is 6.74. The molecule has 0 amide bonds. The lowest BCUT2D eigenvalue weighted by Gasteiger charge is -2.36. The normalized spacial score (nSPS) is 19.7. The second-order valence-electron chi connectivity index (χ2n) is 10.4. The molecule has 154 valence electrons. The Kier molecular flexibility index (Phi) is 6.14. The maximum Gasteiger partial charge on any atom is 0.514 e. The average Bonchev–Trinajstić information content (AvgIpc) is 2.87. The zero-order valence-corrected chi connectivity index (χ0v) is 20.3. The van der Waals surface area contributed by atoms with Crippen LogP contribution in [0.2, 0.25) is 18.1 Å². The van der Waals surface area contributed by atoms with Crippen LogP contribution in [0.15, 0.2) is 0 Å². The summed E-state index contributed by atoms with van der Waals surface area (Å²) < 4.78 is 20.9. The van der Waals surface area contributed by atoms with Gasteiger partial charge < -0.3 is 13.7 Å². The molecule has 0 aromatic carbocycles. The van der Waals surface area contributed by atoms with E-state index in [4.69, 9.17) is 18.8 Å². The van der Waals surface area contributed by atoms with Crippen LogP contribution in [-0.2, 0) is 20.3 Å². The number of aromatic nitrogens is 2.